The topological polar surface area (TPSA) is 46.0 Å². The number of hydrogen-bond donors (Lipinski definition) is 1. The number of rotatable bonds is 6. The first kappa shape index (κ1) is 13.2. The fourth-order valence-electron chi connectivity index (χ4n) is 1.96. The second-order valence-electron chi connectivity index (χ2n) is 4.37. The SMILES string of the molecule is CCCc1nnsc1C(O)CCc1ccccc1. The van der Waals surface area contributed by atoms with Crippen LogP contribution in [0.3, 0.4) is 0 Å². The summed E-state index contributed by atoms with van der Waals surface area (Å²) >= 11 is 1.32. The van der Waals surface area contributed by atoms with Gasteiger partial charge in [-0.05, 0) is 36.4 Å². The third kappa shape index (κ3) is 3.37. The quantitative estimate of drug-likeness (QED) is 0.869. The fraction of sp³-hybridized carbons (Fsp3) is 0.429. The second-order valence-corrected chi connectivity index (χ2v) is 5.16. The van der Waals surface area contributed by atoms with Gasteiger partial charge in [0.15, 0.2) is 0 Å². The largest absolute Gasteiger partial charge is 0.387 e. The Balaban J connectivity index is 1.95. The Bertz CT molecular complexity index is 470. The maximum Gasteiger partial charge on any atom is 0.0920 e. The number of aromatic nitrogens is 2. The predicted octanol–water partition coefficient (Wildman–Crippen LogP) is 3.16. The van der Waals surface area contributed by atoms with E-state index in [9.17, 15) is 5.11 Å². The van der Waals surface area contributed by atoms with Gasteiger partial charge < -0.3 is 5.11 Å². The Morgan fingerprint density at radius 3 is 2.72 bits per heavy atom. The number of aryl methyl sites for hydroxylation is 2. The molecule has 1 unspecified atom stereocenters. The van der Waals surface area contributed by atoms with Crippen molar-refractivity contribution in [3.8, 4) is 0 Å². The molecule has 18 heavy (non-hydrogen) atoms. The van der Waals surface area contributed by atoms with E-state index in [4.69, 9.17) is 0 Å². The van der Waals surface area contributed by atoms with Gasteiger partial charge in [0.1, 0.15) is 0 Å². The van der Waals surface area contributed by atoms with Gasteiger partial charge in [0.05, 0.1) is 16.7 Å². The van der Waals surface area contributed by atoms with Crippen molar-refractivity contribution < 1.29 is 5.11 Å². The molecule has 0 aliphatic carbocycles. The lowest BCUT2D eigenvalue weighted by Gasteiger charge is -2.09. The van der Waals surface area contributed by atoms with Crippen LogP contribution in [0.2, 0.25) is 0 Å². The molecule has 0 bridgehead atoms. The molecule has 3 nitrogen and oxygen atoms in total. The van der Waals surface area contributed by atoms with E-state index in [1.165, 1.54) is 17.1 Å². The Labute approximate surface area is 112 Å². The van der Waals surface area contributed by atoms with Crippen molar-refractivity contribution in [1.82, 2.24) is 9.59 Å². The molecule has 0 radical (unpaired) electrons. The summed E-state index contributed by atoms with van der Waals surface area (Å²) in [6.45, 7) is 2.11. The molecule has 0 saturated heterocycles. The van der Waals surface area contributed by atoms with Gasteiger partial charge in [0.2, 0.25) is 0 Å². The van der Waals surface area contributed by atoms with Crippen LogP contribution in [0.25, 0.3) is 0 Å². The highest BCUT2D eigenvalue weighted by Crippen LogP contribution is 2.25. The molecule has 0 aliphatic heterocycles. The second kappa shape index (κ2) is 6.61. The first-order chi connectivity index (χ1) is 8.81. The molecule has 1 N–H and O–H groups in total. The Kier molecular flexibility index (Phi) is 4.84. The summed E-state index contributed by atoms with van der Waals surface area (Å²) in [5.41, 5.74) is 2.22. The average molecular weight is 262 g/mol. The molecule has 1 aromatic heterocycles. The first-order valence-electron chi connectivity index (χ1n) is 6.34. The zero-order valence-electron chi connectivity index (χ0n) is 10.5. The molecule has 1 heterocycles. The van der Waals surface area contributed by atoms with Gasteiger partial charge in [-0.1, -0.05) is 48.2 Å². The van der Waals surface area contributed by atoms with Crippen molar-refractivity contribution in [2.45, 2.75) is 38.7 Å². The summed E-state index contributed by atoms with van der Waals surface area (Å²) in [5.74, 6) is 0. The Morgan fingerprint density at radius 2 is 2.00 bits per heavy atom. The van der Waals surface area contributed by atoms with Crippen molar-refractivity contribution in [3.05, 3.63) is 46.5 Å². The van der Waals surface area contributed by atoms with Crippen LogP contribution in [0.15, 0.2) is 30.3 Å². The van der Waals surface area contributed by atoms with E-state index in [0.717, 1.165) is 36.3 Å². The molecule has 0 aliphatic rings. The standard InChI is InChI=1S/C14H18N2OS/c1-2-6-12-14(18-16-15-12)13(17)10-9-11-7-4-3-5-8-11/h3-5,7-8,13,17H,2,6,9-10H2,1H3. The summed E-state index contributed by atoms with van der Waals surface area (Å²) in [6.07, 6.45) is 3.10. The highest BCUT2D eigenvalue weighted by molar-refractivity contribution is 7.05. The minimum atomic E-state index is -0.438. The summed E-state index contributed by atoms with van der Waals surface area (Å²) < 4.78 is 3.95. The predicted molar refractivity (Wildman–Crippen MR) is 73.6 cm³/mol. The van der Waals surface area contributed by atoms with Crippen LogP contribution in [-0.4, -0.2) is 14.7 Å². The molecular formula is C14H18N2OS. The monoisotopic (exact) mass is 262 g/mol. The van der Waals surface area contributed by atoms with E-state index in [2.05, 4.69) is 28.6 Å². The molecule has 2 rings (SSSR count). The number of hydrogen-bond acceptors (Lipinski definition) is 4. The van der Waals surface area contributed by atoms with Crippen molar-refractivity contribution in [2.75, 3.05) is 0 Å². The molecule has 0 saturated carbocycles. The molecular weight excluding hydrogens is 244 g/mol. The van der Waals surface area contributed by atoms with E-state index >= 15 is 0 Å². The van der Waals surface area contributed by atoms with Gasteiger partial charge in [-0.15, -0.1) is 5.10 Å². The van der Waals surface area contributed by atoms with Crippen molar-refractivity contribution in [2.24, 2.45) is 0 Å². The molecule has 1 aromatic carbocycles. The van der Waals surface area contributed by atoms with Crippen molar-refractivity contribution >= 4 is 11.5 Å². The van der Waals surface area contributed by atoms with Gasteiger partial charge in [-0.25, -0.2) is 0 Å². The van der Waals surface area contributed by atoms with Gasteiger partial charge in [-0.2, -0.15) is 0 Å². The van der Waals surface area contributed by atoms with E-state index in [-0.39, 0.29) is 0 Å². The maximum atomic E-state index is 10.2. The molecule has 1 atom stereocenters. The number of aliphatic hydroxyl groups is 1. The first-order valence-corrected chi connectivity index (χ1v) is 7.11. The summed E-state index contributed by atoms with van der Waals surface area (Å²) in [7, 11) is 0. The van der Waals surface area contributed by atoms with Crippen molar-refractivity contribution in [1.29, 1.82) is 0 Å². The maximum absolute atomic E-state index is 10.2. The Morgan fingerprint density at radius 1 is 1.22 bits per heavy atom. The highest BCUT2D eigenvalue weighted by atomic mass is 32.1. The Hall–Kier alpha value is -1.26. The third-order valence-electron chi connectivity index (χ3n) is 2.92. The normalized spacial score (nSPS) is 12.6. The van der Waals surface area contributed by atoms with Crippen LogP contribution in [0.5, 0.6) is 0 Å². The zero-order valence-corrected chi connectivity index (χ0v) is 11.4. The van der Waals surface area contributed by atoms with E-state index in [1.807, 2.05) is 18.2 Å². The lowest BCUT2D eigenvalue weighted by atomic mass is 10.0. The molecule has 4 heteroatoms. The van der Waals surface area contributed by atoms with Crippen LogP contribution in [-0.2, 0) is 12.8 Å². The van der Waals surface area contributed by atoms with Crippen LogP contribution in [0, 0.1) is 0 Å². The summed E-state index contributed by atoms with van der Waals surface area (Å²) in [5, 5.41) is 14.3. The van der Waals surface area contributed by atoms with Crippen LogP contribution < -0.4 is 0 Å². The molecule has 0 amide bonds. The van der Waals surface area contributed by atoms with E-state index < -0.39 is 6.10 Å². The summed E-state index contributed by atoms with van der Waals surface area (Å²) in [6, 6.07) is 10.2. The van der Waals surface area contributed by atoms with Crippen LogP contribution in [0.1, 0.15) is 42.0 Å². The molecule has 0 spiro atoms. The van der Waals surface area contributed by atoms with Crippen LogP contribution >= 0.6 is 11.5 Å². The number of aliphatic hydroxyl groups excluding tert-OH is 1. The molecule has 0 fully saturated rings. The average Bonchev–Trinajstić information content (AvgIpc) is 2.86. The number of benzene rings is 1. The van der Waals surface area contributed by atoms with Gasteiger partial charge in [0.25, 0.3) is 0 Å². The minimum absolute atomic E-state index is 0.438. The summed E-state index contributed by atoms with van der Waals surface area (Å²) in [4.78, 5) is 0.938. The van der Waals surface area contributed by atoms with Crippen molar-refractivity contribution in [3.63, 3.8) is 0 Å². The minimum Gasteiger partial charge on any atom is -0.387 e. The lowest BCUT2D eigenvalue weighted by molar-refractivity contribution is 0.170. The lowest BCUT2D eigenvalue weighted by Crippen LogP contribution is -2.01. The smallest absolute Gasteiger partial charge is 0.0920 e. The van der Waals surface area contributed by atoms with E-state index in [1.54, 1.807) is 0 Å². The van der Waals surface area contributed by atoms with Gasteiger partial charge in [0, 0.05) is 0 Å². The van der Waals surface area contributed by atoms with E-state index in [0.29, 0.717) is 0 Å². The molecule has 96 valence electrons. The van der Waals surface area contributed by atoms with Gasteiger partial charge in [-0.3, -0.25) is 0 Å². The zero-order chi connectivity index (χ0) is 12.8. The van der Waals surface area contributed by atoms with Crippen LogP contribution in [0.4, 0.5) is 0 Å². The number of nitrogens with zero attached hydrogens (tertiary/aromatic N) is 2. The van der Waals surface area contributed by atoms with Gasteiger partial charge >= 0.3 is 0 Å². The highest BCUT2D eigenvalue weighted by Gasteiger charge is 2.16. The molecule has 2 aromatic rings. The fourth-order valence-corrected chi connectivity index (χ4v) is 2.67. The third-order valence-corrected chi connectivity index (χ3v) is 3.79.